The van der Waals surface area contributed by atoms with Crippen molar-refractivity contribution in [2.75, 3.05) is 13.2 Å². The molecule has 0 unspecified atom stereocenters. The molecule has 0 aliphatic carbocycles. The van der Waals surface area contributed by atoms with E-state index in [1.54, 1.807) is 0 Å². The zero-order valence-electron chi connectivity index (χ0n) is 34.0. The van der Waals surface area contributed by atoms with Gasteiger partial charge in [0, 0.05) is 0 Å². The molecule has 0 aliphatic heterocycles. The first-order valence-electron chi connectivity index (χ1n) is 21.0. The molecule has 0 aliphatic rings. The minimum absolute atomic E-state index is 0. The molecule has 298 valence electrons. The molecule has 0 saturated carbocycles. The van der Waals surface area contributed by atoms with Crippen molar-refractivity contribution in [2.45, 2.75) is 199 Å². The molecule has 0 saturated heterocycles. The maximum atomic E-state index is 12.9. The zero-order valence-corrected chi connectivity index (χ0v) is 36.8. The van der Waals surface area contributed by atoms with Crippen molar-refractivity contribution in [3.8, 4) is 0 Å². The van der Waals surface area contributed by atoms with Gasteiger partial charge in [-0.2, -0.15) is 0 Å². The molecule has 0 amide bonds. The van der Waals surface area contributed by atoms with E-state index in [1.165, 1.54) is 128 Å². The van der Waals surface area contributed by atoms with Crippen LogP contribution >= 0.6 is 0 Å². The van der Waals surface area contributed by atoms with Gasteiger partial charge in [-0.3, -0.25) is 0 Å². The van der Waals surface area contributed by atoms with Gasteiger partial charge in [-0.15, -0.1) is 0 Å². The van der Waals surface area contributed by atoms with E-state index in [2.05, 4.69) is 38.2 Å². The summed E-state index contributed by atoms with van der Waals surface area (Å²) in [6, 6.07) is 3.13. The van der Waals surface area contributed by atoms with Crippen LogP contribution in [0.1, 0.15) is 214 Å². The Kier molecular flexibility index (Phi) is 35.2. The van der Waals surface area contributed by atoms with Crippen LogP contribution in [0.4, 0.5) is 0 Å². The van der Waals surface area contributed by atoms with Crippen molar-refractivity contribution in [1.82, 2.24) is 0 Å². The van der Waals surface area contributed by atoms with Crippen LogP contribution in [0.5, 0.6) is 0 Å². The van der Waals surface area contributed by atoms with Gasteiger partial charge in [0.2, 0.25) is 0 Å². The van der Waals surface area contributed by atoms with Crippen LogP contribution in [0.15, 0.2) is 47.4 Å². The number of hydrogen-bond acceptors (Lipinski definition) is 7. The Morgan fingerprint density at radius 3 is 1.19 bits per heavy atom. The number of carbonyl (C=O) groups is 2. The second-order valence-corrected chi connectivity index (χ2v) is 15.7. The molecule has 53 heavy (non-hydrogen) atoms. The Hall–Kier alpha value is -1.45. The number of unbranched alkanes of at least 4 members (excludes halogenated alkanes) is 24. The van der Waals surface area contributed by atoms with Crippen LogP contribution in [0, 0.1) is 0 Å². The molecule has 0 spiro atoms. The fourth-order valence-electron chi connectivity index (χ4n) is 6.21. The van der Waals surface area contributed by atoms with Crippen LogP contribution in [0.25, 0.3) is 0 Å². The first-order valence-corrected chi connectivity index (χ1v) is 22.5. The van der Waals surface area contributed by atoms with E-state index in [1.807, 2.05) is 0 Å². The zero-order chi connectivity index (χ0) is 38.0. The standard InChI is InChI=1S/C44H74O7S.Na/c1-3-5-7-9-11-13-15-17-19-21-23-25-27-29-31-33-37-50-43(45)41-36-35-40(52(47,48)49)39-42(41)44(46)51-38-34-32-30-28-26-24-22-20-18-16-14-12-10-8-6-4-2;/h13-16,35-36,39H,3-12,17-34,37-38H2,1-2H3,(H,47,48,49);/q;+1/p-1/b15-13+,16-14+;. The van der Waals surface area contributed by atoms with E-state index >= 15 is 0 Å². The maximum absolute atomic E-state index is 12.9. The van der Waals surface area contributed by atoms with E-state index in [0.717, 1.165) is 56.7 Å². The summed E-state index contributed by atoms with van der Waals surface area (Å²) in [5.41, 5.74) is -0.345. The van der Waals surface area contributed by atoms with Crippen molar-refractivity contribution < 1.29 is 61.6 Å². The summed E-state index contributed by atoms with van der Waals surface area (Å²) < 4.78 is 45.7. The van der Waals surface area contributed by atoms with E-state index in [0.29, 0.717) is 12.8 Å². The van der Waals surface area contributed by atoms with Crippen LogP contribution in [-0.2, 0) is 19.6 Å². The number of ether oxygens (including phenoxy) is 2. The average molecular weight is 769 g/mol. The van der Waals surface area contributed by atoms with E-state index < -0.39 is 27.0 Å². The minimum Gasteiger partial charge on any atom is -0.744 e. The van der Waals surface area contributed by atoms with Gasteiger partial charge in [-0.05, 0) is 82.4 Å². The monoisotopic (exact) mass is 768 g/mol. The first kappa shape index (κ1) is 51.5. The SMILES string of the molecule is CCCCCC/C=C/CCCCCCCCCCOC(=O)c1ccc(S(=O)(=O)[O-])cc1C(=O)OCCCCCCCCCC/C=C/CCCCCC.[Na+]. The predicted molar refractivity (Wildman–Crippen MR) is 214 cm³/mol. The number of carbonyl (C=O) groups excluding carboxylic acids is 2. The van der Waals surface area contributed by atoms with Crippen LogP contribution in [0.3, 0.4) is 0 Å². The summed E-state index contributed by atoms with van der Waals surface area (Å²) in [7, 11) is -4.82. The maximum Gasteiger partial charge on any atom is 1.00 e. The number of allylic oxidation sites excluding steroid dienone is 4. The van der Waals surface area contributed by atoms with Crippen molar-refractivity contribution in [1.29, 1.82) is 0 Å². The summed E-state index contributed by atoms with van der Waals surface area (Å²) in [4.78, 5) is 25.2. The third kappa shape index (κ3) is 29.5. The van der Waals surface area contributed by atoms with Gasteiger partial charge in [0.25, 0.3) is 0 Å². The Bertz CT molecular complexity index is 1210. The Morgan fingerprint density at radius 2 is 0.830 bits per heavy atom. The molecular weight excluding hydrogens is 696 g/mol. The summed E-state index contributed by atoms with van der Waals surface area (Å²) >= 11 is 0. The second-order valence-electron chi connectivity index (χ2n) is 14.3. The fourth-order valence-corrected chi connectivity index (χ4v) is 6.71. The predicted octanol–water partition coefficient (Wildman–Crippen LogP) is 9.98. The average Bonchev–Trinajstić information content (AvgIpc) is 3.13. The molecule has 0 fully saturated rings. The van der Waals surface area contributed by atoms with Gasteiger partial charge in [0.05, 0.1) is 29.2 Å². The fraction of sp³-hybridized carbons (Fsp3) is 0.727. The Labute approximate surface area is 347 Å². The van der Waals surface area contributed by atoms with Gasteiger partial charge < -0.3 is 14.0 Å². The van der Waals surface area contributed by atoms with Gasteiger partial charge in [0.1, 0.15) is 10.1 Å². The van der Waals surface area contributed by atoms with Crippen molar-refractivity contribution >= 4 is 22.1 Å². The van der Waals surface area contributed by atoms with Gasteiger partial charge in [0.15, 0.2) is 0 Å². The van der Waals surface area contributed by atoms with Gasteiger partial charge in [-0.1, -0.05) is 154 Å². The molecule has 0 N–H and O–H groups in total. The second kappa shape index (κ2) is 36.2. The molecule has 7 nitrogen and oxygen atoms in total. The van der Waals surface area contributed by atoms with E-state index in [-0.39, 0.29) is 53.9 Å². The normalized spacial score (nSPS) is 11.7. The van der Waals surface area contributed by atoms with E-state index in [9.17, 15) is 22.6 Å². The molecule has 1 rings (SSSR count). The minimum atomic E-state index is -4.82. The number of rotatable bonds is 35. The van der Waals surface area contributed by atoms with Crippen LogP contribution < -0.4 is 29.6 Å². The molecule has 0 aromatic heterocycles. The molecule has 0 atom stereocenters. The molecule has 9 heteroatoms. The summed E-state index contributed by atoms with van der Waals surface area (Å²) in [6.07, 6.45) is 42.1. The van der Waals surface area contributed by atoms with Crippen molar-refractivity contribution in [2.24, 2.45) is 0 Å². The Morgan fingerprint density at radius 1 is 0.509 bits per heavy atom. The molecule has 1 aromatic carbocycles. The third-order valence-corrected chi connectivity index (χ3v) is 10.3. The summed E-state index contributed by atoms with van der Waals surface area (Å²) in [5, 5.41) is 0. The van der Waals surface area contributed by atoms with Crippen LogP contribution in [0.2, 0.25) is 0 Å². The smallest absolute Gasteiger partial charge is 0.744 e. The first-order chi connectivity index (χ1) is 25.3. The van der Waals surface area contributed by atoms with Crippen molar-refractivity contribution in [3.05, 3.63) is 53.6 Å². The number of hydrogen-bond donors (Lipinski definition) is 0. The molecule has 0 radical (unpaired) electrons. The van der Waals surface area contributed by atoms with Crippen LogP contribution in [-0.4, -0.2) is 38.1 Å². The van der Waals surface area contributed by atoms with Crippen molar-refractivity contribution in [3.63, 3.8) is 0 Å². The number of esters is 2. The summed E-state index contributed by atoms with van der Waals surface area (Å²) in [5.74, 6) is -1.55. The van der Waals surface area contributed by atoms with Gasteiger partial charge in [-0.25, -0.2) is 18.0 Å². The quantitative estimate of drug-likeness (QED) is 0.0222. The van der Waals surface area contributed by atoms with E-state index in [4.69, 9.17) is 9.47 Å². The largest absolute Gasteiger partial charge is 1.00 e. The topological polar surface area (TPSA) is 110 Å². The Balaban J connectivity index is 0.0000270. The summed E-state index contributed by atoms with van der Waals surface area (Å²) in [6.45, 7) is 4.84. The molecule has 0 heterocycles. The van der Waals surface area contributed by atoms with Gasteiger partial charge >= 0.3 is 41.5 Å². The third-order valence-electron chi connectivity index (χ3n) is 9.50. The molecule has 1 aromatic rings. The number of benzene rings is 1. The molecule has 0 bridgehead atoms. The molecular formula is C44H73NaO7S.